The molecule has 0 fully saturated rings. The third kappa shape index (κ3) is 5.23. The van der Waals surface area contributed by atoms with Gasteiger partial charge < -0.3 is 10.1 Å². The molecule has 2 rings (SSSR count). The number of anilines is 2. The highest BCUT2D eigenvalue weighted by Gasteiger charge is 2.20. The first kappa shape index (κ1) is 20.8. The van der Waals surface area contributed by atoms with E-state index in [2.05, 4.69) is 5.32 Å². The van der Waals surface area contributed by atoms with E-state index >= 15 is 0 Å². The van der Waals surface area contributed by atoms with Gasteiger partial charge in [0.05, 0.1) is 11.9 Å². The number of hydrogen-bond acceptors (Lipinski definition) is 4. The summed E-state index contributed by atoms with van der Waals surface area (Å²) in [6.45, 7) is 5.83. The Bertz CT molecular complexity index is 908. The third-order valence-electron chi connectivity index (χ3n) is 4.50. The predicted molar refractivity (Wildman–Crippen MR) is 109 cm³/mol. The van der Waals surface area contributed by atoms with Gasteiger partial charge in [0.25, 0.3) is 5.91 Å². The second kappa shape index (κ2) is 8.43. The van der Waals surface area contributed by atoms with Crippen LogP contribution in [0.25, 0.3) is 0 Å². The number of aryl methyl sites for hydroxylation is 1. The molecule has 0 aliphatic heterocycles. The van der Waals surface area contributed by atoms with Crippen LogP contribution in [0.2, 0.25) is 0 Å². The van der Waals surface area contributed by atoms with Crippen molar-refractivity contribution in [3.63, 3.8) is 0 Å². The zero-order valence-electron chi connectivity index (χ0n) is 16.3. The molecule has 27 heavy (non-hydrogen) atoms. The van der Waals surface area contributed by atoms with Gasteiger partial charge in [0.2, 0.25) is 10.0 Å². The van der Waals surface area contributed by atoms with Gasteiger partial charge in [-0.3, -0.25) is 9.10 Å². The van der Waals surface area contributed by atoms with E-state index in [4.69, 9.17) is 4.74 Å². The number of carbonyl (C=O) groups excluding carboxylic acids is 1. The minimum Gasteiger partial charge on any atom is -0.481 e. The highest BCUT2D eigenvalue weighted by molar-refractivity contribution is 7.92. The molecular weight excluding hydrogens is 364 g/mol. The van der Waals surface area contributed by atoms with Crippen LogP contribution in [0.5, 0.6) is 5.75 Å². The molecule has 1 atom stereocenters. The number of sulfonamides is 1. The number of nitrogens with one attached hydrogen (secondary N) is 1. The third-order valence-corrected chi connectivity index (χ3v) is 5.71. The second-order valence-electron chi connectivity index (χ2n) is 6.48. The molecule has 0 aromatic heterocycles. The quantitative estimate of drug-likeness (QED) is 0.785. The number of carbonyl (C=O) groups is 1. The Balaban J connectivity index is 2.10. The van der Waals surface area contributed by atoms with Crippen molar-refractivity contribution in [2.45, 2.75) is 33.3 Å². The summed E-state index contributed by atoms with van der Waals surface area (Å²) < 4.78 is 30.2. The van der Waals surface area contributed by atoms with E-state index < -0.39 is 16.1 Å². The van der Waals surface area contributed by atoms with Crippen LogP contribution in [0, 0.1) is 13.8 Å². The van der Waals surface area contributed by atoms with Crippen LogP contribution in [-0.4, -0.2) is 33.7 Å². The van der Waals surface area contributed by atoms with Gasteiger partial charge >= 0.3 is 0 Å². The predicted octanol–water partition coefficient (Wildman–Crippen LogP) is 3.50. The Morgan fingerprint density at radius 2 is 1.78 bits per heavy atom. The van der Waals surface area contributed by atoms with Gasteiger partial charge in [-0.05, 0) is 61.7 Å². The summed E-state index contributed by atoms with van der Waals surface area (Å²) in [5, 5.41) is 2.92. The zero-order valence-corrected chi connectivity index (χ0v) is 17.1. The van der Waals surface area contributed by atoms with Crippen molar-refractivity contribution in [1.82, 2.24) is 0 Å². The summed E-state index contributed by atoms with van der Waals surface area (Å²) in [5.41, 5.74) is 3.42. The molecule has 0 aliphatic rings. The first-order valence-corrected chi connectivity index (χ1v) is 10.6. The van der Waals surface area contributed by atoms with Gasteiger partial charge in [0.15, 0.2) is 6.10 Å². The first-order chi connectivity index (χ1) is 12.6. The van der Waals surface area contributed by atoms with Crippen LogP contribution in [0.15, 0.2) is 42.5 Å². The average molecular weight is 391 g/mol. The van der Waals surface area contributed by atoms with E-state index in [0.29, 0.717) is 17.9 Å². The van der Waals surface area contributed by atoms with E-state index in [0.717, 1.165) is 23.1 Å². The maximum Gasteiger partial charge on any atom is 0.265 e. The molecule has 0 unspecified atom stereocenters. The molecule has 1 amide bonds. The Labute approximate surface area is 161 Å². The summed E-state index contributed by atoms with van der Waals surface area (Å²) in [6, 6.07) is 12.4. The molecule has 0 spiro atoms. The van der Waals surface area contributed by atoms with E-state index in [-0.39, 0.29) is 5.91 Å². The molecule has 146 valence electrons. The molecule has 1 N–H and O–H groups in total. The van der Waals surface area contributed by atoms with Crippen molar-refractivity contribution in [2.75, 3.05) is 22.9 Å². The zero-order chi connectivity index (χ0) is 20.2. The number of amides is 1. The van der Waals surface area contributed by atoms with Gasteiger partial charge in [-0.1, -0.05) is 19.1 Å². The lowest BCUT2D eigenvalue weighted by molar-refractivity contribution is -0.122. The molecular formula is C20H26N2O4S. The summed E-state index contributed by atoms with van der Waals surface area (Å²) >= 11 is 0. The molecule has 0 heterocycles. The van der Waals surface area contributed by atoms with E-state index in [1.165, 1.54) is 11.4 Å². The first-order valence-electron chi connectivity index (χ1n) is 8.71. The van der Waals surface area contributed by atoms with E-state index in [1.54, 1.807) is 24.3 Å². The van der Waals surface area contributed by atoms with Crippen molar-refractivity contribution < 1.29 is 17.9 Å². The minimum absolute atomic E-state index is 0.219. The monoisotopic (exact) mass is 390 g/mol. The highest BCUT2D eigenvalue weighted by atomic mass is 32.2. The molecule has 6 nitrogen and oxygen atoms in total. The van der Waals surface area contributed by atoms with Crippen LogP contribution in [0.4, 0.5) is 11.4 Å². The molecule has 0 saturated heterocycles. The van der Waals surface area contributed by atoms with Crippen LogP contribution in [0.1, 0.15) is 24.5 Å². The topological polar surface area (TPSA) is 75.7 Å². The molecule has 2 aromatic rings. The summed E-state index contributed by atoms with van der Waals surface area (Å²) in [6.07, 6.45) is 0.993. The van der Waals surface area contributed by atoms with Crippen LogP contribution >= 0.6 is 0 Å². The van der Waals surface area contributed by atoms with Gasteiger partial charge in [-0.2, -0.15) is 0 Å². The fourth-order valence-electron chi connectivity index (χ4n) is 2.51. The Kier molecular flexibility index (Phi) is 6.49. The summed E-state index contributed by atoms with van der Waals surface area (Å²) in [7, 11) is -1.84. The largest absolute Gasteiger partial charge is 0.481 e. The van der Waals surface area contributed by atoms with Crippen molar-refractivity contribution in [1.29, 1.82) is 0 Å². The average Bonchev–Trinajstić information content (AvgIpc) is 2.62. The highest BCUT2D eigenvalue weighted by Crippen LogP contribution is 2.23. The Morgan fingerprint density at radius 3 is 2.33 bits per heavy atom. The standard InChI is InChI=1S/C20H26N2O4S/c1-6-19(20(23)21-18-9-7-8-14(2)15(18)3)26-17-12-10-16(11-13-17)22(4)27(5,24)25/h7-13,19H,6H2,1-5H3,(H,21,23)/t19-/m0/s1. The van der Waals surface area contributed by atoms with E-state index in [9.17, 15) is 13.2 Å². The van der Waals surface area contributed by atoms with Gasteiger partial charge in [-0.15, -0.1) is 0 Å². The molecule has 0 bridgehead atoms. The van der Waals surface area contributed by atoms with Crippen LogP contribution in [0.3, 0.4) is 0 Å². The van der Waals surface area contributed by atoms with Gasteiger partial charge in [0.1, 0.15) is 5.75 Å². The normalized spacial score (nSPS) is 12.3. The summed E-state index contributed by atoms with van der Waals surface area (Å²) in [5.74, 6) is 0.284. The molecule has 0 saturated carbocycles. The number of nitrogens with zero attached hydrogens (tertiary/aromatic N) is 1. The van der Waals surface area contributed by atoms with Crippen molar-refractivity contribution in [3.05, 3.63) is 53.6 Å². The number of hydrogen-bond donors (Lipinski definition) is 1. The lowest BCUT2D eigenvalue weighted by Gasteiger charge is -2.20. The molecule has 0 aliphatic carbocycles. The smallest absolute Gasteiger partial charge is 0.265 e. The van der Waals surface area contributed by atoms with Crippen molar-refractivity contribution >= 4 is 27.3 Å². The maximum atomic E-state index is 12.6. The molecule has 0 radical (unpaired) electrons. The van der Waals surface area contributed by atoms with Crippen molar-refractivity contribution in [2.24, 2.45) is 0 Å². The Morgan fingerprint density at radius 1 is 1.15 bits per heavy atom. The van der Waals surface area contributed by atoms with Gasteiger partial charge in [-0.25, -0.2) is 8.42 Å². The van der Waals surface area contributed by atoms with Crippen LogP contribution in [-0.2, 0) is 14.8 Å². The SMILES string of the molecule is CC[C@H](Oc1ccc(N(C)S(C)(=O)=O)cc1)C(=O)Nc1cccc(C)c1C. The lowest BCUT2D eigenvalue weighted by Crippen LogP contribution is -2.32. The number of ether oxygens (including phenoxy) is 1. The molecule has 2 aromatic carbocycles. The second-order valence-corrected chi connectivity index (χ2v) is 8.49. The van der Waals surface area contributed by atoms with Crippen molar-refractivity contribution in [3.8, 4) is 5.75 Å². The number of benzene rings is 2. The van der Waals surface area contributed by atoms with E-state index in [1.807, 2.05) is 39.0 Å². The Hall–Kier alpha value is -2.54. The summed E-state index contributed by atoms with van der Waals surface area (Å²) in [4.78, 5) is 12.6. The fourth-order valence-corrected chi connectivity index (χ4v) is 3.02. The maximum absolute atomic E-state index is 12.6. The fraction of sp³-hybridized carbons (Fsp3) is 0.350. The lowest BCUT2D eigenvalue weighted by atomic mass is 10.1. The number of rotatable bonds is 7. The van der Waals surface area contributed by atoms with Crippen LogP contribution < -0.4 is 14.4 Å². The molecule has 7 heteroatoms. The van der Waals surface area contributed by atoms with Gasteiger partial charge in [0, 0.05) is 12.7 Å². The minimum atomic E-state index is -3.32.